The molecule has 0 aromatic rings. The lowest BCUT2D eigenvalue weighted by Crippen LogP contribution is -2.44. The van der Waals surface area contributed by atoms with E-state index in [9.17, 15) is 19.5 Å². The zero-order valence-corrected chi connectivity index (χ0v) is 56.1. The fourth-order valence-electron chi connectivity index (χ4n) is 9.63. The number of aliphatic carboxylic acids is 1. The van der Waals surface area contributed by atoms with Crippen molar-refractivity contribution in [3.8, 4) is 0 Å². The molecule has 0 fully saturated rings. The Morgan fingerprint density at radius 1 is 0.360 bits per heavy atom. The summed E-state index contributed by atoms with van der Waals surface area (Å²) in [6, 6.07) is 0. The quantitative estimate of drug-likeness (QED) is 0.0195. The number of unbranched alkanes of at least 4 members (excludes halogenated alkanes) is 29. The number of quaternary nitrogens is 1. The van der Waals surface area contributed by atoms with Gasteiger partial charge < -0.3 is 33.3 Å². The SMILES string of the molecule is CC/C=C\C/C=C\C/C=C\C/C=C\C/C=C\C/C=C\C/C=C\C/C=C\C/C=C\C/C=C\CCCCCCC(=O)OC(COC(=O)CCCCCCCCCCCCCCCCCCCCCCCCCCCC)COC(OCC[N+](C)(C)C)C(=O)[O-]. The molecule has 2 unspecified atom stereocenters. The van der Waals surface area contributed by atoms with Gasteiger partial charge in [-0.1, -0.05) is 309 Å². The van der Waals surface area contributed by atoms with Crippen molar-refractivity contribution in [1.82, 2.24) is 0 Å². The van der Waals surface area contributed by atoms with E-state index in [4.69, 9.17) is 18.9 Å². The van der Waals surface area contributed by atoms with E-state index in [0.717, 1.165) is 109 Å². The molecular formula is C77H131NO8. The number of carbonyl (C=O) groups excluding carboxylic acids is 3. The number of likely N-dealkylation sites (N-methyl/N-ethyl adjacent to an activating group) is 1. The van der Waals surface area contributed by atoms with Crippen LogP contribution in [0, 0.1) is 0 Å². The molecule has 0 aromatic carbocycles. The molecular weight excluding hydrogens is 1070 g/mol. The fourth-order valence-corrected chi connectivity index (χ4v) is 9.63. The maximum absolute atomic E-state index is 12.9. The lowest BCUT2D eigenvalue weighted by molar-refractivity contribution is -0.870. The van der Waals surface area contributed by atoms with E-state index < -0.39 is 24.3 Å². The Kier molecular flexibility index (Phi) is 63.3. The summed E-state index contributed by atoms with van der Waals surface area (Å²) in [5, 5.41) is 11.8. The van der Waals surface area contributed by atoms with E-state index in [1.54, 1.807) is 0 Å². The van der Waals surface area contributed by atoms with Crippen LogP contribution >= 0.6 is 0 Å². The molecule has 0 aromatic heterocycles. The number of rotatable bonds is 64. The Hall–Kier alpha value is -4.31. The monoisotopic (exact) mass is 1200 g/mol. The number of hydrogen-bond donors (Lipinski definition) is 0. The topological polar surface area (TPSA) is 111 Å². The standard InChI is InChI=1S/C77H131NO8/c1-6-8-10-12-14-16-18-20-22-24-26-28-30-32-34-35-36-37-38-39-40-41-42-44-46-48-50-52-54-56-58-60-62-64-66-68-75(80)86-73(72-85-77(76(81)82)83-70-69-78(3,4)5)71-84-74(79)67-65-63-61-59-57-55-53-51-49-47-45-43-33-31-29-27-25-23-21-19-17-15-13-11-9-7-2/h8,10,14,16,20,22,26,28,32,34,36-37,39-40,42,44,48,50,54,56,73,77H,6-7,9,11-13,15,17-19,21,23-25,27,29-31,33,35,38,41,43,45-47,49,51-53,55,57-72H2,1-5H3/b10-8-,16-14-,22-20-,28-26-,34-32-,37-36-,40-39-,44-42-,50-48-,56-54-. The van der Waals surface area contributed by atoms with Crippen LogP contribution in [-0.2, 0) is 33.3 Å². The van der Waals surface area contributed by atoms with Crippen LogP contribution in [0.3, 0.4) is 0 Å². The summed E-state index contributed by atoms with van der Waals surface area (Å²) in [6.07, 6.45) is 91.4. The van der Waals surface area contributed by atoms with Crippen molar-refractivity contribution in [1.29, 1.82) is 0 Å². The van der Waals surface area contributed by atoms with Crippen LogP contribution < -0.4 is 5.11 Å². The summed E-state index contributed by atoms with van der Waals surface area (Å²) in [5.74, 6) is -2.32. The predicted octanol–water partition coefficient (Wildman–Crippen LogP) is 20.6. The minimum Gasteiger partial charge on any atom is -0.545 e. The van der Waals surface area contributed by atoms with Crippen LogP contribution in [0.2, 0.25) is 0 Å². The molecule has 0 heterocycles. The second-order valence-corrected chi connectivity index (χ2v) is 24.4. The van der Waals surface area contributed by atoms with Gasteiger partial charge in [0.15, 0.2) is 12.4 Å². The first-order valence-corrected chi connectivity index (χ1v) is 35.2. The van der Waals surface area contributed by atoms with Crippen molar-refractivity contribution >= 4 is 17.9 Å². The molecule has 0 aliphatic heterocycles. The van der Waals surface area contributed by atoms with Gasteiger partial charge in [0.25, 0.3) is 0 Å². The number of ether oxygens (including phenoxy) is 4. The van der Waals surface area contributed by atoms with Gasteiger partial charge in [0.1, 0.15) is 13.2 Å². The van der Waals surface area contributed by atoms with Gasteiger partial charge in [-0.25, -0.2) is 0 Å². The van der Waals surface area contributed by atoms with Crippen molar-refractivity contribution in [3.63, 3.8) is 0 Å². The minimum absolute atomic E-state index is 0.138. The molecule has 9 heteroatoms. The van der Waals surface area contributed by atoms with Gasteiger partial charge >= 0.3 is 11.9 Å². The predicted molar refractivity (Wildman–Crippen MR) is 366 cm³/mol. The Morgan fingerprint density at radius 2 is 0.663 bits per heavy atom. The summed E-state index contributed by atoms with van der Waals surface area (Å²) in [4.78, 5) is 37.5. The third-order valence-corrected chi connectivity index (χ3v) is 15.0. The Balaban J connectivity index is 4.22. The molecule has 0 aliphatic carbocycles. The molecule has 0 radical (unpaired) electrons. The van der Waals surface area contributed by atoms with Gasteiger partial charge in [-0.05, 0) is 89.9 Å². The van der Waals surface area contributed by atoms with Gasteiger partial charge in [-0.3, -0.25) is 9.59 Å². The Bertz CT molecular complexity index is 1830. The molecule has 0 spiro atoms. The molecule has 86 heavy (non-hydrogen) atoms. The third kappa shape index (κ3) is 67.2. The molecule has 0 amide bonds. The van der Waals surface area contributed by atoms with Crippen molar-refractivity contribution in [2.24, 2.45) is 0 Å². The van der Waals surface area contributed by atoms with Crippen molar-refractivity contribution in [2.75, 3.05) is 47.5 Å². The highest BCUT2D eigenvalue weighted by Gasteiger charge is 2.22. The largest absolute Gasteiger partial charge is 0.545 e. The molecule has 9 nitrogen and oxygen atoms in total. The molecule has 0 N–H and O–H groups in total. The van der Waals surface area contributed by atoms with Gasteiger partial charge in [0, 0.05) is 12.8 Å². The summed E-state index contributed by atoms with van der Waals surface area (Å²) in [5.41, 5.74) is 0. The molecule has 2 atom stereocenters. The van der Waals surface area contributed by atoms with Crippen LogP contribution in [0.15, 0.2) is 122 Å². The van der Waals surface area contributed by atoms with Gasteiger partial charge in [-0.2, -0.15) is 0 Å². The minimum atomic E-state index is -1.64. The van der Waals surface area contributed by atoms with E-state index >= 15 is 0 Å². The summed E-state index contributed by atoms with van der Waals surface area (Å²) >= 11 is 0. The number of esters is 2. The van der Waals surface area contributed by atoms with Gasteiger partial charge in [-0.15, -0.1) is 0 Å². The van der Waals surface area contributed by atoms with E-state index in [2.05, 4.69) is 135 Å². The number of carbonyl (C=O) groups is 3. The van der Waals surface area contributed by atoms with E-state index in [1.165, 1.54) is 148 Å². The van der Waals surface area contributed by atoms with Gasteiger partial charge in [0.2, 0.25) is 0 Å². The number of nitrogens with zero attached hydrogens (tertiary/aromatic N) is 1. The summed E-state index contributed by atoms with van der Waals surface area (Å²) < 4.78 is 22.8. The third-order valence-electron chi connectivity index (χ3n) is 15.0. The molecule has 0 saturated carbocycles. The van der Waals surface area contributed by atoms with E-state index in [1.807, 2.05) is 21.1 Å². The van der Waals surface area contributed by atoms with Crippen LogP contribution in [0.1, 0.15) is 290 Å². The fraction of sp³-hybridized carbons (Fsp3) is 0.701. The van der Waals surface area contributed by atoms with Crippen LogP contribution in [-0.4, -0.2) is 82.3 Å². The average molecular weight is 1200 g/mol. The number of hydrogen-bond acceptors (Lipinski definition) is 8. The molecule has 492 valence electrons. The number of carboxylic acids is 1. The van der Waals surface area contributed by atoms with Crippen molar-refractivity contribution in [2.45, 2.75) is 302 Å². The molecule has 0 rings (SSSR count). The highest BCUT2D eigenvalue weighted by atomic mass is 16.7. The first-order valence-electron chi connectivity index (χ1n) is 35.2. The average Bonchev–Trinajstić information content (AvgIpc) is 3.64. The first kappa shape index (κ1) is 81.7. The zero-order valence-electron chi connectivity index (χ0n) is 56.1. The lowest BCUT2D eigenvalue weighted by Gasteiger charge is -2.26. The normalized spacial score (nSPS) is 13.5. The van der Waals surface area contributed by atoms with Crippen molar-refractivity contribution < 1.29 is 42.9 Å². The Morgan fingerprint density at radius 3 is 0.988 bits per heavy atom. The number of carboxylic acid groups (broad SMARTS) is 1. The second kappa shape index (κ2) is 66.6. The van der Waals surface area contributed by atoms with Gasteiger partial charge in [0.05, 0.1) is 40.3 Å². The molecule has 0 aliphatic rings. The summed E-state index contributed by atoms with van der Waals surface area (Å²) in [7, 11) is 5.92. The molecule has 0 saturated heterocycles. The maximum Gasteiger partial charge on any atom is 0.306 e. The second-order valence-electron chi connectivity index (χ2n) is 24.4. The highest BCUT2D eigenvalue weighted by molar-refractivity contribution is 5.70. The first-order chi connectivity index (χ1) is 42.1. The maximum atomic E-state index is 12.9. The number of allylic oxidation sites excluding steroid dienone is 20. The van der Waals surface area contributed by atoms with Crippen LogP contribution in [0.5, 0.6) is 0 Å². The Labute approximate surface area is 529 Å². The van der Waals surface area contributed by atoms with E-state index in [0.29, 0.717) is 17.4 Å². The summed E-state index contributed by atoms with van der Waals surface area (Å²) in [6.45, 7) is 4.63. The van der Waals surface area contributed by atoms with Crippen molar-refractivity contribution in [3.05, 3.63) is 122 Å². The smallest absolute Gasteiger partial charge is 0.306 e. The van der Waals surface area contributed by atoms with Crippen LogP contribution in [0.25, 0.3) is 0 Å². The molecule has 0 bridgehead atoms. The zero-order chi connectivity index (χ0) is 62.6. The lowest BCUT2D eigenvalue weighted by atomic mass is 10.0. The van der Waals surface area contributed by atoms with E-state index in [-0.39, 0.29) is 38.6 Å². The van der Waals surface area contributed by atoms with Crippen LogP contribution in [0.4, 0.5) is 0 Å². The highest BCUT2D eigenvalue weighted by Crippen LogP contribution is 2.17.